The molecule has 2 heterocycles. The van der Waals surface area contributed by atoms with Gasteiger partial charge in [0.05, 0.1) is 0 Å². The third-order valence-corrected chi connectivity index (χ3v) is 4.09. The van der Waals surface area contributed by atoms with Crippen molar-refractivity contribution in [1.29, 1.82) is 0 Å². The molecule has 14 heavy (non-hydrogen) atoms. The van der Waals surface area contributed by atoms with E-state index >= 15 is 0 Å². The topological polar surface area (TPSA) is 24.4 Å². The second kappa shape index (κ2) is 4.84. The van der Waals surface area contributed by atoms with Crippen LogP contribution in [0, 0.1) is 5.92 Å². The van der Waals surface area contributed by atoms with Crippen molar-refractivity contribution in [2.45, 2.75) is 13.5 Å². The molecule has 1 aromatic rings. The SMILES string of the molecule is CC1CN=C(NCc2ccsc2)SC1. The van der Waals surface area contributed by atoms with Crippen LogP contribution in [0.25, 0.3) is 0 Å². The second-order valence-electron chi connectivity index (χ2n) is 3.55. The van der Waals surface area contributed by atoms with Gasteiger partial charge < -0.3 is 5.32 Å². The first-order valence-electron chi connectivity index (χ1n) is 4.77. The molecule has 1 aromatic heterocycles. The zero-order chi connectivity index (χ0) is 9.80. The Kier molecular flexibility index (Phi) is 3.48. The standard InChI is InChI=1S/C10H14N2S2/c1-8-4-11-10(14-6-8)12-5-9-2-3-13-7-9/h2-3,7-8H,4-6H2,1H3,(H,11,12). The molecule has 2 nitrogen and oxygen atoms in total. The number of amidine groups is 1. The molecule has 1 N–H and O–H groups in total. The van der Waals surface area contributed by atoms with Crippen molar-refractivity contribution in [2.24, 2.45) is 10.9 Å². The van der Waals surface area contributed by atoms with E-state index in [0.717, 1.165) is 24.2 Å². The molecule has 1 aliphatic heterocycles. The van der Waals surface area contributed by atoms with Crippen LogP contribution in [-0.4, -0.2) is 17.5 Å². The number of hydrogen-bond acceptors (Lipinski definition) is 4. The van der Waals surface area contributed by atoms with Gasteiger partial charge in [-0.05, 0) is 28.3 Å². The minimum atomic E-state index is 0.728. The van der Waals surface area contributed by atoms with Crippen molar-refractivity contribution in [3.05, 3.63) is 22.4 Å². The fourth-order valence-corrected chi connectivity index (χ4v) is 2.79. The molecule has 0 saturated heterocycles. The summed E-state index contributed by atoms with van der Waals surface area (Å²) in [6, 6.07) is 2.15. The molecule has 4 heteroatoms. The van der Waals surface area contributed by atoms with E-state index in [0.29, 0.717) is 0 Å². The maximum atomic E-state index is 4.48. The summed E-state index contributed by atoms with van der Waals surface area (Å²) >= 11 is 3.58. The number of nitrogens with one attached hydrogen (secondary N) is 1. The lowest BCUT2D eigenvalue weighted by molar-refractivity contribution is 0.669. The Labute approximate surface area is 92.8 Å². The van der Waals surface area contributed by atoms with Crippen LogP contribution in [0.15, 0.2) is 21.8 Å². The minimum Gasteiger partial charge on any atom is -0.361 e. The second-order valence-corrected chi connectivity index (χ2v) is 5.34. The van der Waals surface area contributed by atoms with E-state index in [2.05, 4.69) is 34.1 Å². The number of nitrogens with zero attached hydrogens (tertiary/aromatic N) is 1. The van der Waals surface area contributed by atoms with E-state index in [1.54, 1.807) is 11.3 Å². The van der Waals surface area contributed by atoms with Crippen molar-refractivity contribution >= 4 is 28.3 Å². The highest BCUT2D eigenvalue weighted by Crippen LogP contribution is 2.16. The molecule has 0 radical (unpaired) electrons. The monoisotopic (exact) mass is 226 g/mol. The van der Waals surface area contributed by atoms with Crippen LogP contribution in [0.4, 0.5) is 0 Å². The average Bonchev–Trinajstić information content (AvgIpc) is 2.70. The maximum Gasteiger partial charge on any atom is 0.156 e. The molecular weight excluding hydrogens is 212 g/mol. The van der Waals surface area contributed by atoms with Crippen molar-refractivity contribution in [3.8, 4) is 0 Å². The Bertz CT molecular complexity index is 306. The molecule has 1 unspecified atom stereocenters. The predicted octanol–water partition coefficient (Wildman–Crippen LogP) is 2.58. The lowest BCUT2D eigenvalue weighted by Crippen LogP contribution is -2.25. The first kappa shape index (κ1) is 10.1. The van der Waals surface area contributed by atoms with Crippen molar-refractivity contribution in [1.82, 2.24) is 5.32 Å². The van der Waals surface area contributed by atoms with Gasteiger partial charge in [-0.2, -0.15) is 11.3 Å². The average molecular weight is 226 g/mol. The fraction of sp³-hybridized carbons (Fsp3) is 0.500. The molecule has 2 rings (SSSR count). The zero-order valence-electron chi connectivity index (χ0n) is 8.19. The molecule has 0 aromatic carbocycles. The van der Waals surface area contributed by atoms with Crippen LogP contribution in [-0.2, 0) is 6.54 Å². The molecule has 0 aliphatic carbocycles. The van der Waals surface area contributed by atoms with E-state index in [9.17, 15) is 0 Å². The van der Waals surface area contributed by atoms with Crippen molar-refractivity contribution in [3.63, 3.8) is 0 Å². The molecule has 0 saturated carbocycles. The normalized spacial score (nSPS) is 21.8. The summed E-state index contributed by atoms with van der Waals surface area (Å²) in [6.07, 6.45) is 0. The number of hydrogen-bond donors (Lipinski definition) is 1. The summed E-state index contributed by atoms with van der Waals surface area (Å²) in [5.41, 5.74) is 1.34. The minimum absolute atomic E-state index is 0.728. The first-order chi connectivity index (χ1) is 6.84. The molecule has 0 amide bonds. The largest absolute Gasteiger partial charge is 0.361 e. The summed E-state index contributed by atoms with van der Waals surface area (Å²) in [4.78, 5) is 4.48. The smallest absolute Gasteiger partial charge is 0.156 e. The molecule has 0 bridgehead atoms. The van der Waals surface area contributed by atoms with Gasteiger partial charge in [0.25, 0.3) is 0 Å². The third-order valence-electron chi connectivity index (χ3n) is 2.07. The highest BCUT2D eigenvalue weighted by molar-refractivity contribution is 8.13. The van der Waals surface area contributed by atoms with Gasteiger partial charge >= 0.3 is 0 Å². The highest BCUT2D eigenvalue weighted by atomic mass is 32.2. The lowest BCUT2D eigenvalue weighted by Gasteiger charge is -2.17. The summed E-state index contributed by atoms with van der Waals surface area (Å²) in [7, 11) is 0. The van der Waals surface area contributed by atoms with Crippen LogP contribution in [0.3, 0.4) is 0 Å². The van der Waals surface area contributed by atoms with E-state index in [-0.39, 0.29) is 0 Å². The molecule has 1 aliphatic rings. The van der Waals surface area contributed by atoms with Crippen LogP contribution in [0.1, 0.15) is 12.5 Å². The van der Waals surface area contributed by atoms with Crippen LogP contribution >= 0.6 is 23.1 Å². The summed E-state index contributed by atoms with van der Waals surface area (Å²) in [5, 5.41) is 8.75. The lowest BCUT2D eigenvalue weighted by atomic mass is 10.2. The van der Waals surface area contributed by atoms with Crippen molar-refractivity contribution < 1.29 is 0 Å². The van der Waals surface area contributed by atoms with Gasteiger partial charge in [-0.1, -0.05) is 18.7 Å². The zero-order valence-corrected chi connectivity index (χ0v) is 9.83. The predicted molar refractivity (Wildman–Crippen MR) is 65.1 cm³/mol. The van der Waals surface area contributed by atoms with Gasteiger partial charge in [0.1, 0.15) is 0 Å². The Hall–Kier alpha value is -0.480. The van der Waals surface area contributed by atoms with Crippen LogP contribution < -0.4 is 5.32 Å². The third kappa shape index (κ3) is 2.75. The number of thioether (sulfide) groups is 1. The van der Waals surface area contributed by atoms with Gasteiger partial charge in [-0.15, -0.1) is 0 Å². The summed E-state index contributed by atoms with van der Waals surface area (Å²) in [6.45, 7) is 4.12. The van der Waals surface area contributed by atoms with E-state index in [1.165, 1.54) is 11.3 Å². The van der Waals surface area contributed by atoms with E-state index < -0.39 is 0 Å². The molecule has 0 spiro atoms. The fourth-order valence-electron chi connectivity index (χ4n) is 1.24. The Morgan fingerprint density at radius 2 is 2.57 bits per heavy atom. The maximum absolute atomic E-state index is 4.48. The van der Waals surface area contributed by atoms with E-state index in [1.807, 2.05) is 11.8 Å². The highest BCUT2D eigenvalue weighted by Gasteiger charge is 2.11. The Morgan fingerprint density at radius 1 is 1.64 bits per heavy atom. The van der Waals surface area contributed by atoms with Gasteiger partial charge in [0.2, 0.25) is 0 Å². The molecule has 0 fully saturated rings. The molecule has 1 atom stereocenters. The summed E-state index contributed by atoms with van der Waals surface area (Å²) in [5.74, 6) is 1.92. The number of aliphatic imine (C=N–C) groups is 1. The van der Waals surface area contributed by atoms with Gasteiger partial charge in [0.15, 0.2) is 5.17 Å². The number of thiophene rings is 1. The molecular formula is C10H14N2S2. The first-order valence-corrected chi connectivity index (χ1v) is 6.69. The van der Waals surface area contributed by atoms with Crippen molar-refractivity contribution in [2.75, 3.05) is 12.3 Å². The van der Waals surface area contributed by atoms with Crippen LogP contribution in [0.5, 0.6) is 0 Å². The Morgan fingerprint density at radius 3 is 3.21 bits per heavy atom. The quantitative estimate of drug-likeness (QED) is 0.838. The van der Waals surface area contributed by atoms with E-state index in [4.69, 9.17) is 0 Å². The molecule has 76 valence electrons. The van der Waals surface area contributed by atoms with Gasteiger partial charge in [-0.3, -0.25) is 4.99 Å². The Balaban J connectivity index is 1.81. The van der Waals surface area contributed by atoms with Gasteiger partial charge in [-0.25, -0.2) is 0 Å². The number of rotatable bonds is 2. The van der Waals surface area contributed by atoms with Gasteiger partial charge in [0, 0.05) is 18.8 Å². The summed E-state index contributed by atoms with van der Waals surface area (Å²) < 4.78 is 0. The van der Waals surface area contributed by atoms with Crippen LogP contribution in [0.2, 0.25) is 0 Å².